The Labute approximate surface area is 154 Å². The smallest absolute Gasteiger partial charge is 0.278 e. The van der Waals surface area contributed by atoms with E-state index in [4.69, 9.17) is 4.74 Å². The maximum Gasteiger partial charge on any atom is 0.278 e. The van der Waals surface area contributed by atoms with Gasteiger partial charge in [-0.05, 0) is 30.3 Å². The van der Waals surface area contributed by atoms with Crippen LogP contribution >= 0.6 is 11.3 Å². The zero-order chi connectivity index (χ0) is 17.9. The topological polar surface area (TPSA) is 57.0 Å². The number of aromatic nitrogens is 3. The Bertz CT molecular complexity index is 1040. The molecular weight excluding hydrogens is 346 g/mol. The highest BCUT2D eigenvalue weighted by molar-refractivity contribution is 7.18. The molecule has 2 heterocycles. The Balaban J connectivity index is 1.58. The van der Waals surface area contributed by atoms with Crippen molar-refractivity contribution in [3.05, 3.63) is 78.6 Å². The highest BCUT2D eigenvalue weighted by atomic mass is 32.1. The lowest BCUT2D eigenvalue weighted by Gasteiger charge is -2.02. The number of hydrogen-bond donors (Lipinski definition) is 0. The molecule has 0 fully saturated rings. The Morgan fingerprint density at radius 2 is 1.81 bits per heavy atom. The summed E-state index contributed by atoms with van der Waals surface area (Å²) in [5, 5.41) is 5.34. The molecule has 0 bridgehead atoms. The third kappa shape index (κ3) is 3.14. The number of nitrogens with zero attached hydrogens (tertiary/aromatic N) is 3. The van der Waals surface area contributed by atoms with Crippen LogP contribution in [0.5, 0.6) is 5.75 Å². The van der Waals surface area contributed by atoms with Crippen LogP contribution in [0.4, 0.5) is 0 Å². The molecule has 0 N–H and O–H groups in total. The van der Waals surface area contributed by atoms with Crippen molar-refractivity contribution >= 4 is 17.2 Å². The van der Waals surface area contributed by atoms with Crippen LogP contribution in [0.25, 0.3) is 21.1 Å². The molecule has 0 unspecified atom stereocenters. The molecule has 0 aliphatic rings. The second kappa shape index (κ2) is 6.93. The minimum absolute atomic E-state index is 0.188. The summed E-state index contributed by atoms with van der Waals surface area (Å²) in [4.78, 5) is 18.0. The first-order valence-electron chi connectivity index (χ1n) is 8.00. The Morgan fingerprint density at radius 1 is 1.04 bits per heavy atom. The molecule has 0 atom stereocenters. The molecule has 4 rings (SSSR count). The highest BCUT2D eigenvalue weighted by Crippen LogP contribution is 2.31. The zero-order valence-corrected chi connectivity index (χ0v) is 14.8. The summed E-state index contributed by atoms with van der Waals surface area (Å²) in [6, 6.07) is 18.8. The van der Waals surface area contributed by atoms with Gasteiger partial charge in [-0.1, -0.05) is 30.3 Å². The first-order chi connectivity index (χ1) is 12.7. The third-order valence-electron chi connectivity index (χ3n) is 3.91. The van der Waals surface area contributed by atoms with Crippen LogP contribution in [0.15, 0.2) is 73.1 Å². The van der Waals surface area contributed by atoms with Gasteiger partial charge in [-0.25, -0.2) is 9.67 Å². The Morgan fingerprint density at radius 3 is 2.54 bits per heavy atom. The van der Waals surface area contributed by atoms with Crippen molar-refractivity contribution in [2.24, 2.45) is 0 Å². The van der Waals surface area contributed by atoms with Gasteiger partial charge in [0.05, 0.1) is 12.0 Å². The van der Waals surface area contributed by atoms with Crippen LogP contribution in [0.3, 0.4) is 0 Å². The number of ether oxygens (including phenoxy) is 1. The highest BCUT2D eigenvalue weighted by Gasteiger charge is 2.13. The van der Waals surface area contributed by atoms with Crippen LogP contribution < -0.4 is 4.74 Å². The average Bonchev–Trinajstić information content (AvgIpc) is 3.38. The van der Waals surface area contributed by atoms with Crippen LogP contribution in [-0.2, 0) is 0 Å². The van der Waals surface area contributed by atoms with Crippen molar-refractivity contribution < 1.29 is 9.53 Å². The molecule has 4 aromatic rings. The fraction of sp³-hybridized carbons (Fsp3) is 0.0500. The molecular formula is C20H15N3O2S. The van der Waals surface area contributed by atoms with E-state index in [1.54, 1.807) is 55.1 Å². The lowest BCUT2D eigenvalue weighted by atomic mass is 10.2. The van der Waals surface area contributed by atoms with Gasteiger partial charge in [-0.2, -0.15) is 5.10 Å². The van der Waals surface area contributed by atoms with Gasteiger partial charge in [0.25, 0.3) is 5.91 Å². The second-order valence-corrected chi connectivity index (χ2v) is 6.61. The molecule has 0 aliphatic carbocycles. The van der Waals surface area contributed by atoms with Gasteiger partial charge in [0, 0.05) is 23.5 Å². The summed E-state index contributed by atoms with van der Waals surface area (Å²) < 4.78 is 6.46. The van der Waals surface area contributed by atoms with Crippen LogP contribution in [-0.4, -0.2) is 27.8 Å². The van der Waals surface area contributed by atoms with Crippen LogP contribution in [0.2, 0.25) is 0 Å². The number of carbonyl (C=O) groups is 1. The number of hydrogen-bond acceptors (Lipinski definition) is 5. The molecule has 5 nitrogen and oxygen atoms in total. The van der Waals surface area contributed by atoms with Crippen molar-refractivity contribution in [1.82, 2.24) is 14.8 Å². The summed E-state index contributed by atoms with van der Waals surface area (Å²) in [7, 11) is 1.59. The predicted molar refractivity (Wildman–Crippen MR) is 101 cm³/mol. The predicted octanol–water partition coefficient (Wildman–Crippen LogP) is 4.37. The van der Waals surface area contributed by atoms with E-state index in [1.165, 1.54) is 4.68 Å². The summed E-state index contributed by atoms with van der Waals surface area (Å²) >= 11 is 1.55. The van der Waals surface area contributed by atoms with Crippen molar-refractivity contribution in [1.29, 1.82) is 0 Å². The van der Waals surface area contributed by atoms with Gasteiger partial charge >= 0.3 is 0 Å². The number of carbonyl (C=O) groups excluding carboxylic acids is 1. The quantitative estimate of drug-likeness (QED) is 0.542. The van der Waals surface area contributed by atoms with Gasteiger partial charge in [-0.15, -0.1) is 11.3 Å². The van der Waals surface area contributed by atoms with E-state index in [1.807, 2.05) is 36.4 Å². The van der Waals surface area contributed by atoms with Crippen LogP contribution in [0, 0.1) is 0 Å². The monoisotopic (exact) mass is 361 g/mol. The van der Waals surface area contributed by atoms with Gasteiger partial charge in [0.15, 0.2) is 0 Å². The maximum absolute atomic E-state index is 12.6. The standard InChI is InChI=1S/C20H15N3O2S/c1-25-16-9-7-15(8-10-16)20(24)23-12-11-17(22-23)18-13-21-19(26-18)14-5-3-2-4-6-14/h2-13H,1H3. The molecule has 26 heavy (non-hydrogen) atoms. The fourth-order valence-electron chi connectivity index (χ4n) is 2.54. The number of methoxy groups -OCH3 is 1. The van der Waals surface area contributed by atoms with Gasteiger partial charge in [0.1, 0.15) is 16.5 Å². The maximum atomic E-state index is 12.6. The van der Waals surface area contributed by atoms with Crippen LogP contribution in [0.1, 0.15) is 10.4 Å². The molecule has 128 valence electrons. The van der Waals surface area contributed by atoms with E-state index in [0.717, 1.165) is 21.1 Å². The Hall–Kier alpha value is -3.25. The second-order valence-electron chi connectivity index (χ2n) is 5.57. The van der Waals surface area contributed by atoms with E-state index in [9.17, 15) is 4.79 Å². The number of thiazole rings is 1. The van der Waals surface area contributed by atoms with E-state index in [-0.39, 0.29) is 5.91 Å². The molecule has 0 spiro atoms. The van der Waals surface area contributed by atoms with Crippen molar-refractivity contribution in [2.45, 2.75) is 0 Å². The minimum atomic E-state index is -0.188. The van der Waals surface area contributed by atoms with Crippen molar-refractivity contribution in [3.63, 3.8) is 0 Å². The molecule has 6 heteroatoms. The molecule has 0 saturated heterocycles. The average molecular weight is 361 g/mol. The van der Waals surface area contributed by atoms with Gasteiger partial charge in [0.2, 0.25) is 0 Å². The Kier molecular flexibility index (Phi) is 4.33. The van der Waals surface area contributed by atoms with Crippen molar-refractivity contribution in [2.75, 3.05) is 7.11 Å². The third-order valence-corrected chi connectivity index (χ3v) is 4.98. The summed E-state index contributed by atoms with van der Waals surface area (Å²) in [6.07, 6.45) is 3.46. The van der Waals surface area contributed by atoms with E-state index >= 15 is 0 Å². The first kappa shape index (κ1) is 16.2. The summed E-state index contributed by atoms with van der Waals surface area (Å²) in [5.74, 6) is 0.521. The zero-order valence-electron chi connectivity index (χ0n) is 14.0. The normalized spacial score (nSPS) is 10.7. The minimum Gasteiger partial charge on any atom is -0.497 e. The SMILES string of the molecule is COc1ccc(C(=O)n2ccc(-c3cnc(-c4ccccc4)s3)n2)cc1. The van der Waals surface area contributed by atoms with E-state index < -0.39 is 0 Å². The van der Waals surface area contributed by atoms with E-state index in [2.05, 4.69) is 10.1 Å². The lowest BCUT2D eigenvalue weighted by Crippen LogP contribution is -2.12. The van der Waals surface area contributed by atoms with Crippen molar-refractivity contribution in [3.8, 4) is 26.9 Å². The fourth-order valence-corrected chi connectivity index (χ4v) is 3.43. The molecule has 2 aromatic carbocycles. The summed E-state index contributed by atoms with van der Waals surface area (Å²) in [5.41, 5.74) is 2.35. The summed E-state index contributed by atoms with van der Waals surface area (Å²) in [6.45, 7) is 0. The largest absolute Gasteiger partial charge is 0.497 e. The first-order valence-corrected chi connectivity index (χ1v) is 8.82. The van der Waals surface area contributed by atoms with E-state index in [0.29, 0.717) is 11.3 Å². The number of benzene rings is 2. The molecule has 0 amide bonds. The molecule has 0 aliphatic heterocycles. The molecule has 2 aromatic heterocycles. The molecule has 0 saturated carbocycles. The lowest BCUT2D eigenvalue weighted by molar-refractivity contribution is 0.0945. The molecule has 0 radical (unpaired) electrons. The van der Waals surface area contributed by atoms with Gasteiger partial charge < -0.3 is 4.74 Å². The number of rotatable bonds is 4. The van der Waals surface area contributed by atoms with Gasteiger partial charge in [-0.3, -0.25) is 4.79 Å².